The molecule has 0 aromatic carbocycles. The van der Waals surface area contributed by atoms with E-state index in [-0.39, 0.29) is 5.78 Å². The molecule has 1 saturated heterocycles. The second-order valence-electron chi connectivity index (χ2n) is 3.97. The number of rotatable bonds is 3. The standard InChI is InChI=1S/C10H19NO2/c1-8(12)4-5-11-6-9(2)13-10(3)7-11/h9-10H,4-7H2,1-3H3. The molecule has 13 heavy (non-hydrogen) atoms. The topological polar surface area (TPSA) is 29.5 Å². The van der Waals surface area contributed by atoms with E-state index in [1.807, 2.05) is 0 Å². The molecule has 0 saturated carbocycles. The van der Waals surface area contributed by atoms with Crippen LogP contribution in [0.25, 0.3) is 0 Å². The van der Waals surface area contributed by atoms with E-state index in [1.54, 1.807) is 6.92 Å². The van der Waals surface area contributed by atoms with Gasteiger partial charge in [0, 0.05) is 26.1 Å². The van der Waals surface area contributed by atoms with Crippen LogP contribution in [0.2, 0.25) is 0 Å². The number of hydrogen-bond acceptors (Lipinski definition) is 3. The predicted octanol–water partition coefficient (Wildman–Crippen LogP) is 1.07. The molecule has 3 nitrogen and oxygen atoms in total. The molecule has 0 aliphatic carbocycles. The molecule has 1 fully saturated rings. The molecule has 0 amide bonds. The Balaban J connectivity index is 2.28. The number of hydrogen-bond donors (Lipinski definition) is 0. The van der Waals surface area contributed by atoms with E-state index in [0.29, 0.717) is 18.6 Å². The summed E-state index contributed by atoms with van der Waals surface area (Å²) in [7, 11) is 0. The second-order valence-corrected chi connectivity index (χ2v) is 3.97. The van der Waals surface area contributed by atoms with Gasteiger partial charge in [-0.2, -0.15) is 0 Å². The van der Waals surface area contributed by atoms with E-state index in [9.17, 15) is 4.79 Å². The van der Waals surface area contributed by atoms with Gasteiger partial charge in [0.2, 0.25) is 0 Å². The molecule has 1 aliphatic rings. The molecule has 0 aromatic heterocycles. The van der Waals surface area contributed by atoms with Gasteiger partial charge >= 0.3 is 0 Å². The molecule has 2 unspecified atom stereocenters. The smallest absolute Gasteiger partial charge is 0.131 e. The molecule has 0 N–H and O–H groups in total. The number of carbonyl (C=O) groups is 1. The van der Waals surface area contributed by atoms with E-state index >= 15 is 0 Å². The lowest BCUT2D eigenvalue weighted by molar-refractivity contribution is -0.118. The summed E-state index contributed by atoms with van der Waals surface area (Å²) in [5.41, 5.74) is 0. The van der Waals surface area contributed by atoms with Crippen molar-refractivity contribution in [3.05, 3.63) is 0 Å². The van der Waals surface area contributed by atoms with Crippen molar-refractivity contribution in [1.29, 1.82) is 0 Å². The van der Waals surface area contributed by atoms with E-state index in [1.165, 1.54) is 0 Å². The Bertz CT molecular complexity index is 172. The molecular formula is C10H19NO2. The Labute approximate surface area is 80.1 Å². The highest BCUT2D eigenvalue weighted by Crippen LogP contribution is 2.10. The molecule has 2 atom stereocenters. The van der Waals surface area contributed by atoms with Crippen molar-refractivity contribution in [1.82, 2.24) is 4.90 Å². The van der Waals surface area contributed by atoms with Crippen LogP contribution in [0.15, 0.2) is 0 Å². The Morgan fingerprint density at radius 1 is 1.38 bits per heavy atom. The van der Waals surface area contributed by atoms with E-state index in [2.05, 4.69) is 18.7 Å². The molecule has 0 aromatic rings. The second kappa shape index (κ2) is 4.72. The first-order valence-electron chi connectivity index (χ1n) is 4.95. The molecule has 0 bridgehead atoms. The van der Waals surface area contributed by atoms with Crippen LogP contribution in [-0.2, 0) is 9.53 Å². The van der Waals surface area contributed by atoms with Crippen LogP contribution in [0.3, 0.4) is 0 Å². The van der Waals surface area contributed by atoms with Gasteiger partial charge in [-0.15, -0.1) is 0 Å². The number of Topliss-reactive ketones (excluding diaryl/α,β-unsaturated/α-hetero) is 1. The quantitative estimate of drug-likeness (QED) is 0.659. The normalized spacial score (nSPS) is 30.4. The predicted molar refractivity (Wildman–Crippen MR) is 51.7 cm³/mol. The van der Waals surface area contributed by atoms with Crippen LogP contribution in [0.4, 0.5) is 0 Å². The van der Waals surface area contributed by atoms with Crippen molar-refractivity contribution in [2.75, 3.05) is 19.6 Å². The van der Waals surface area contributed by atoms with Crippen molar-refractivity contribution in [2.24, 2.45) is 0 Å². The molecule has 1 rings (SSSR count). The van der Waals surface area contributed by atoms with Gasteiger partial charge < -0.3 is 4.74 Å². The van der Waals surface area contributed by atoms with Crippen molar-refractivity contribution in [2.45, 2.75) is 39.4 Å². The third kappa shape index (κ3) is 3.87. The van der Waals surface area contributed by atoms with E-state index < -0.39 is 0 Å². The number of ketones is 1. The summed E-state index contributed by atoms with van der Waals surface area (Å²) in [6.07, 6.45) is 1.27. The Morgan fingerprint density at radius 2 is 1.92 bits per heavy atom. The van der Waals surface area contributed by atoms with Gasteiger partial charge in [-0.1, -0.05) is 0 Å². The van der Waals surface area contributed by atoms with Gasteiger partial charge in [-0.05, 0) is 20.8 Å². The van der Waals surface area contributed by atoms with Gasteiger partial charge in [-0.3, -0.25) is 9.69 Å². The highest BCUT2D eigenvalue weighted by molar-refractivity contribution is 5.75. The summed E-state index contributed by atoms with van der Waals surface area (Å²) in [5.74, 6) is 0.270. The average Bonchev–Trinajstić information content (AvgIpc) is 1.99. The summed E-state index contributed by atoms with van der Waals surface area (Å²) in [6, 6.07) is 0. The minimum atomic E-state index is 0.270. The van der Waals surface area contributed by atoms with Crippen molar-refractivity contribution in [3.8, 4) is 0 Å². The molecule has 76 valence electrons. The van der Waals surface area contributed by atoms with Gasteiger partial charge in [-0.25, -0.2) is 0 Å². The maximum absolute atomic E-state index is 10.8. The van der Waals surface area contributed by atoms with E-state index in [4.69, 9.17) is 4.74 Å². The fraction of sp³-hybridized carbons (Fsp3) is 0.900. The van der Waals surface area contributed by atoms with Gasteiger partial charge in [0.1, 0.15) is 5.78 Å². The first-order chi connectivity index (χ1) is 6.08. The number of carbonyl (C=O) groups excluding carboxylic acids is 1. The monoisotopic (exact) mass is 185 g/mol. The zero-order valence-corrected chi connectivity index (χ0v) is 8.75. The molecule has 0 radical (unpaired) electrons. The minimum Gasteiger partial charge on any atom is -0.373 e. The first-order valence-corrected chi connectivity index (χ1v) is 4.95. The largest absolute Gasteiger partial charge is 0.373 e. The van der Waals surface area contributed by atoms with Crippen LogP contribution in [0, 0.1) is 0 Å². The lowest BCUT2D eigenvalue weighted by Crippen LogP contribution is -2.45. The Hall–Kier alpha value is -0.410. The summed E-state index contributed by atoms with van der Waals surface area (Å²) in [4.78, 5) is 13.1. The van der Waals surface area contributed by atoms with Gasteiger partial charge in [0.05, 0.1) is 12.2 Å². The summed E-state index contributed by atoms with van der Waals surface area (Å²) in [5, 5.41) is 0. The Morgan fingerprint density at radius 3 is 2.38 bits per heavy atom. The fourth-order valence-electron chi connectivity index (χ4n) is 1.78. The molecule has 1 aliphatic heterocycles. The molecule has 3 heteroatoms. The van der Waals surface area contributed by atoms with Crippen LogP contribution in [-0.4, -0.2) is 42.5 Å². The number of morpholine rings is 1. The molecule has 1 heterocycles. The fourth-order valence-corrected chi connectivity index (χ4v) is 1.78. The van der Waals surface area contributed by atoms with Crippen LogP contribution < -0.4 is 0 Å². The summed E-state index contributed by atoms with van der Waals surface area (Å²) in [6.45, 7) is 8.60. The molecular weight excluding hydrogens is 166 g/mol. The lowest BCUT2D eigenvalue weighted by atomic mass is 10.2. The van der Waals surface area contributed by atoms with Crippen LogP contribution >= 0.6 is 0 Å². The number of nitrogens with zero attached hydrogens (tertiary/aromatic N) is 1. The lowest BCUT2D eigenvalue weighted by Gasteiger charge is -2.35. The Kier molecular flexibility index (Phi) is 3.88. The summed E-state index contributed by atoms with van der Waals surface area (Å²) < 4.78 is 5.60. The zero-order valence-electron chi connectivity index (χ0n) is 8.75. The highest BCUT2D eigenvalue weighted by atomic mass is 16.5. The third-order valence-electron chi connectivity index (χ3n) is 2.28. The molecule has 0 spiro atoms. The van der Waals surface area contributed by atoms with Crippen LogP contribution in [0.1, 0.15) is 27.2 Å². The highest BCUT2D eigenvalue weighted by Gasteiger charge is 2.21. The van der Waals surface area contributed by atoms with E-state index in [0.717, 1.165) is 19.6 Å². The summed E-state index contributed by atoms with van der Waals surface area (Å²) >= 11 is 0. The maximum Gasteiger partial charge on any atom is 0.131 e. The zero-order chi connectivity index (χ0) is 9.84. The van der Waals surface area contributed by atoms with Crippen molar-refractivity contribution < 1.29 is 9.53 Å². The van der Waals surface area contributed by atoms with Crippen molar-refractivity contribution in [3.63, 3.8) is 0 Å². The SMILES string of the molecule is CC(=O)CCN1CC(C)OC(C)C1. The van der Waals surface area contributed by atoms with Crippen LogP contribution in [0.5, 0.6) is 0 Å². The minimum absolute atomic E-state index is 0.270. The van der Waals surface area contributed by atoms with Gasteiger partial charge in [0.25, 0.3) is 0 Å². The first kappa shape index (κ1) is 10.7. The maximum atomic E-state index is 10.8. The third-order valence-corrected chi connectivity index (χ3v) is 2.28. The average molecular weight is 185 g/mol. The van der Waals surface area contributed by atoms with Crippen molar-refractivity contribution >= 4 is 5.78 Å². The number of ether oxygens (including phenoxy) is 1. The van der Waals surface area contributed by atoms with Gasteiger partial charge in [0.15, 0.2) is 0 Å².